The standard InChI is InChI=1S/C10H9FN2O2/c1-15-12-10(14)13-6-5-7-3-2-4-8(11)9(7)13/h2-6H,1H3,(H,12,14). The molecule has 0 radical (unpaired) electrons. The van der Waals surface area contributed by atoms with Gasteiger partial charge in [0, 0.05) is 11.6 Å². The van der Waals surface area contributed by atoms with Gasteiger partial charge >= 0.3 is 6.03 Å². The maximum Gasteiger partial charge on any atom is 0.350 e. The SMILES string of the molecule is CONC(=O)n1ccc2cccc(F)c21. The molecule has 0 fully saturated rings. The number of hydrogen-bond acceptors (Lipinski definition) is 2. The van der Waals surface area contributed by atoms with Crippen LogP contribution in [0.5, 0.6) is 0 Å². The fraction of sp³-hybridized carbons (Fsp3) is 0.100. The number of benzene rings is 1. The Kier molecular flexibility index (Phi) is 2.39. The summed E-state index contributed by atoms with van der Waals surface area (Å²) >= 11 is 0. The molecule has 2 rings (SSSR count). The number of nitrogens with one attached hydrogen (secondary N) is 1. The van der Waals surface area contributed by atoms with Crippen molar-refractivity contribution in [2.75, 3.05) is 7.11 Å². The largest absolute Gasteiger partial charge is 0.350 e. The number of fused-ring (bicyclic) bond motifs is 1. The van der Waals surface area contributed by atoms with E-state index >= 15 is 0 Å². The lowest BCUT2D eigenvalue weighted by molar-refractivity contribution is 0.108. The number of carbonyl (C=O) groups is 1. The molecule has 0 unspecified atom stereocenters. The zero-order valence-corrected chi connectivity index (χ0v) is 8.03. The Morgan fingerprint density at radius 1 is 1.47 bits per heavy atom. The van der Waals surface area contributed by atoms with Gasteiger partial charge in [-0.25, -0.2) is 14.7 Å². The minimum Gasteiger partial charge on any atom is -0.275 e. The predicted molar refractivity (Wildman–Crippen MR) is 52.8 cm³/mol. The summed E-state index contributed by atoms with van der Waals surface area (Å²) in [6.07, 6.45) is 1.49. The number of para-hydroxylation sites is 1. The number of aromatic nitrogens is 1. The smallest absolute Gasteiger partial charge is 0.275 e. The van der Waals surface area contributed by atoms with Crippen LogP contribution in [0.2, 0.25) is 0 Å². The molecule has 0 saturated carbocycles. The van der Waals surface area contributed by atoms with Crippen LogP contribution in [0.15, 0.2) is 30.5 Å². The lowest BCUT2D eigenvalue weighted by atomic mass is 10.2. The Bertz CT molecular complexity index is 507. The van der Waals surface area contributed by atoms with E-state index in [9.17, 15) is 9.18 Å². The van der Waals surface area contributed by atoms with Crippen LogP contribution >= 0.6 is 0 Å². The normalized spacial score (nSPS) is 10.5. The van der Waals surface area contributed by atoms with Gasteiger partial charge in [0.05, 0.1) is 12.6 Å². The number of carbonyl (C=O) groups excluding carboxylic acids is 1. The zero-order valence-electron chi connectivity index (χ0n) is 8.03. The molecule has 0 aliphatic carbocycles. The Morgan fingerprint density at radius 3 is 3.00 bits per heavy atom. The molecular formula is C10H9FN2O2. The number of halogens is 1. The maximum absolute atomic E-state index is 13.4. The Labute approximate surface area is 85.2 Å². The summed E-state index contributed by atoms with van der Waals surface area (Å²) in [5.74, 6) is -0.441. The van der Waals surface area contributed by atoms with Gasteiger partial charge in [-0.15, -0.1) is 0 Å². The van der Waals surface area contributed by atoms with Crippen molar-refractivity contribution in [2.24, 2.45) is 0 Å². The van der Waals surface area contributed by atoms with Crippen LogP contribution in [0.3, 0.4) is 0 Å². The first-order chi connectivity index (χ1) is 7.24. The fourth-order valence-corrected chi connectivity index (χ4v) is 1.46. The molecule has 1 amide bonds. The van der Waals surface area contributed by atoms with Crippen molar-refractivity contribution in [3.8, 4) is 0 Å². The highest BCUT2D eigenvalue weighted by Gasteiger charge is 2.11. The van der Waals surface area contributed by atoms with Gasteiger partial charge in [0.2, 0.25) is 0 Å². The second-order valence-corrected chi connectivity index (χ2v) is 2.97. The lowest BCUT2D eigenvalue weighted by Gasteiger charge is -2.04. The molecule has 1 aromatic heterocycles. The number of rotatable bonds is 1. The second-order valence-electron chi connectivity index (χ2n) is 2.97. The van der Waals surface area contributed by atoms with E-state index in [0.717, 1.165) is 4.57 Å². The molecule has 2 aromatic rings. The van der Waals surface area contributed by atoms with Gasteiger partial charge in [0.15, 0.2) is 0 Å². The van der Waals surface area contributed by atoms with Crippen molar-refractivity contribution in [1.29, 1.82) is 0 Å². The molecule has 15 heavy (non-hydrogen) atoms. The topological polar surface area (TPSA) is 43.3 Å². The van der Waals surface area contributed by atoms with E-state index in [4.69, 9.17) is 0 Å². The summed E-state index contributed by atoms with van der Waals surface area (Å²) in [5, 5.41) is 0.668. The van der Waals surface area contributed by atoms with Crippen LogP contribution in [-0.2, 0) is 4.84 Å². The summed E-state index contributed by atoms with van der Waals surface area (Å²) < 4.78 is 14.6. The first kappa shape index (κ1) is 9.67. The predicted octanol–water partition coefficient (Wildman–Crippen LogP) is 1.90. The van der Waals surface area contributed by atoms with Gasteiger partial charge < -0.3 is 0 Å². The monoisotopic (exact) mass is 208 g/mol. The molecule has 0 saturated heterocycles. The Hall–Kier alpha value is -1.88. The van der Waals surface area contributed by atoms with E-state index in [-0.39, 0.29) is 5.52 Å². The van der Waals surface area contributed by atoms with Crippen molar-refractivity contribution in [1.82, 2.24) is 10.0 Å². The highest BCUT2D eigenvalue weighted by Crippen LogP contribution is 2.18. The maximum atomic E-state index is 13.4. The van der Waals surface area contributed by atoms with E-state index in [1.807, 2.05) is 0 Å². The van der Waals surface area contributed by atoms with Gasteiger partial charge in [-0.1, -0.05) is 12.1 Å². The third kappa shape index (κ3) is 1.57. The van der Waals surface area contributed by atoms with E-state index in [2.05, 4.69) is 10.3 Å². The third-order valence-electron chi connectivity index (χ3n) is 2.07. The number of hydrogen-bond donors (Lipinski definition) is 1. The molecule has 0 bridgehead atoms. The molecule has 0 aliphatic heterocycles. The van der Waals surface area contributed by atoms with E-state index in [1.165, 1.54) is 19.4 Å². The van der Waals surface area contributed by atoms with Crippen LogP contribution in [0.4, 0.5) is 9.18 Å². The first-order valence-corrected chi connectivity index (χ1v) is 4.33. The molecular weight excluding hydrogens is 199 g/mol. The van der Waals surface area contributed by atoms with Crippen molar-refractivity contribution in [3.63, 3.8) is 0 Å². The van der Waals surface area contributed by atoms with Gasteiger partial charge in [-0.2, -0.15) is 0 Å². The highest BCUT2D eigenvalue weighted by atomic mass is 19.1. The first-order valence-electron chi connectivity index (χ1n) is 4.33. The molecule has 0 atom stereocenters. The quantitative estimate of drug-likeness (QED) is 0.727. The minimum atomic E-state index is -0.530. The molecule has 1 aromatic carbocycles. The molecule has 1 N–H and O–H groups in total. The summed E-state index contributed by atoms with van der Waals surface area (Å²) in [5.41, 5.74) is 2.37. The second kappa shape index (κ2) is 3.70. The average molecular weight is 208 g/mol. The summed E-state index contributed by atoms with van der Waals surface area (Å²) in [7, 11) is 1.32. The van der Waals surface area contributed by atoms with Crippen molar-refractivity contribution in [2.45, 2.75) is 0 Å². The summed E-state index contributed by atoms with van der Waals surface area (Å²) in [6, 6.07) is 5.76. The van der Waals surface area contributed by atoms with Gasteiger partial charge in [-0.05, 0) is 12.1 Å². The molecule has 5 heteroatoms. The minimum absolute atomic E-state index is 0.243. The number of nitrogens with zero attached hydrogens (tertiary/aromatic N) is 1. The van der Waals surface area contributed by atoms with Crippen LogP contribution in [0.1, 0.15) is 0 Å². The highest BCUT2D eigenvalue weighted by molar-refractivity contribution is 5.91. The lowest BCUT2D eigenvalue weighted by Crippen LogP contribution is -2.26. The van der Waals surface area contributed by atoms with E-state index in [1.54, 1.807) is 18.2 Å². The molecule has 1 heterocycles. The van der Waals surface area contributed by atoms with Crippen LogP contribution in [-0.4, -0.2) is 17.7 Å². The van der Waals surface area contributed by atoms with E-state index in [0.29, 0.717) is 5.39 Å². The van der Waals surface area contributed by atoms with Crippen molar-refractivity contribution in [3.05, 3.63) is 36.3 Å². The summed E-state index contributed by atoms with van der Waals surface area (Å²) in [6.45, 7) is 0. The Morgan fingerprint density at radius 2 is 2.27 bits per heavy atom. The Balaban J connectivity index is 2.57. The summed E-state index contributed by atoms with van der Waals surface area (Å²) in [4.78, 5) is 15.9. The van der Waals surface area contributed by atoms with Gasteiger partial charge in [0.1, 0.15) is 5.82 Å². The molecule has 78 valence electrons. The average Bonchev–Trinajstić information content (AvgIpc) is 2.63. The van der Waals surface area contributed by atoms with E-state index < -0.39 is 11.8 Å². The van der Waals surface area contributed by atoms with Crippen molar-refractivity contribution >= 4 is 16.9 Å². The van der Waals surface area contributed by atoms with Crippen LogP contribution < -0.4 is 5.48 Å². The van der Waals surface area contributed by atoms with Crippen LogP contribution in [0, 0.1) is 5.82 Å². The van der Waals surface area contributed by atoms with Crippen LogP contribution in [0.25, 0.3) is 10.9 Å². The molecule has 0 spiro atoms. The zero-order chi connectivity index (χ0) is 10.8. The van der Waals surface area contributed by atoms with Gasteiger partial charge in [0.25, 0.3) is 0 Å². The van der Waals surface area contributed by atoms with Gasteiger partial charge in [-0.3, -0.25) is 9.40 Å². The number of hydroxylamine groups is 1. The third-order valence-corrected chi connectivity index (χ3v) is 2.07. The molecule has 4 nitrogen and oxygen atoms in total. The van der Waals surface area contributed by atoms with Crippen molar-refractivity contribution < 1.29 is 14.0 Å². The number of amides is 1. The fourth-order valence-electron chi connectivity index (χ4n) is 1.46. The molecule has 0 aliphatic rings.